The van der Waals surface area contributed by atoms with Crippen molar-refractivity contribution in [3.05, 3.63) is 29.3 Å². The molecular weight excluding hydrogens is 236 g/mol. The zero-order chi connectivity index (χ0) is 12.7. The van der Waals surface area contributed by atoms with Crippen LogP contribution in [0, 0.1) is 0 Å². The van der Waals surface area contributed by atoms with Crippen molar-refractivity contribution in [3.8, 4) is 11.5 Å². The van der Waals surface area contributed by atoms with Crippen LogP contribution in [0.5, 0.6) is 11.5 Å². The predicted octanol–water partition coefficient (Wildman–Crippen LogP) is 4.13. The van der Waals surface area contributed by atoms with E-state index in [-0.39, 0.29) is 0 Å². The van der Waals surface area contributed by atoms with E-state index in [2.05, 4.69) is 13.0 Å². The molecule has 3 heteroatoms. The molecule has 0 saturated carbocycles. The predicted molar refractivity (Wildman–Crippen MR) is 73.2 cm³/mol. The highest BCUT2D eigenvalue weighted by molar-refractivity contribution is 6.19. The molecule has 94 valence electrons. The highest BCUT2D eigenvalue weighted by Gasteiger charge is 2.04. The molecule has 0 atom stereocenters. The molecule has 2 nitrogen and oxygen atoms in total. The molecular formula is C14H19ClO2. The monoisotopic (exact) mass is 254 g/mol. The topological polar surface area (TPSA) is 18.5 Å². The number of hydrogen-bond donors (Lipinski definition) is 0. The van der Waals surface area contributed by atoms with Crippen LogP contribution >= 0.6 is 11.6 Å². The van der Waals surface area contributed by atoms with Gasteiger partial charge in [0, 0.05) is 5.88 Å². The molecule has 0 aromatic heterocycles. The van der Waals surface area contributed by atoms with E-state index in [0.29, 0.717) is 12.5 Å². The Morgan fingerprint density at radius 1 is 1.29 bits per heavy atom. The van der Waals surface area contributed by atoms with Crippen LogP contribution in [-0.4, -0.2) is 19.6 Å². The maximum atomic E-state index is 5.85. The summed E-state index contributed by atoms with van der Waals surface area (Å²) in [6, 6.07) is 5.90. The van der Waals surface area contributed by atoms with Gasteiger partial charge in [-0.05, 0) is 31.0 Å². The molecule has 1 rings (SSSR count). The van der Waals surface area contributed by atoms with Gasteiger partial charge < -0.3 is 9.47 Å². The number of halogens is 1. The summed E-state index contributed by atoms with van der Waals surface area (Å²) in [6.45, 7) is 4.68. The minimum atomic E-state index is 0.562. The van der Waals surface area contributed by atoms with Crippen molar-refractivity contribution in [2.75, 3.05) is 19.6 Å². The average molecular weight is 255 g/mol. The largest absolute Gasteiger partial charge is 0.493 e. The lowest BCUT2D eigenvalue weighted by Gasteiger charge is -2.10. The van der Waals surface area contributed by atoms with Crippen LogP contribution in [0.15, 0.2) is 23.8 Å². The van der Waals surface area contributed by atoms with E-state index in [1.807, 2.05) is 25.1 Å². The Bertz CT molecular complexity index is 380. The van der Waals surface area contributed by atoms with Crippen LogP contribution in [0.25, 0.3) is 6.08 Å². The summed E-state index contributed by atoms with van der Waals surface area (Å²) in [5, 5.41) is 0. The van der Waals surface area contributed by atoms with Crippen LogP contribution < -0.4 is 9.47 Å². The molecule has 0 aliphatic carbocycles. The van der Waals surface area contributed by atoms with Gasteiger partial charge in [-0.2, -0.15) is 0 Å². The molecule has 0 bridgehead atoms. The number of rotatable bonds is 6. The fraction of sp³-hybridized carbons (Fsp3) is 0.429. The molecule has 0 radical (unpaired) electrons. The molecule has 17 heavy (non-hydrogen) atoms. The Labute approximate surface area is 108 Å². The summed E-state index contributed by atoms with van der Waals surface area (Å²) in [6.07, 6.45) is 3.05. The van der Waals surface area contributed by atoms with Crippen molar-refractivity contribution in [3.63, 3.8) is 0 Å². The van der Waals surface area contributed by atoms with Crippen molar-refractivity contribution in [2.24, 2.45) is 0 Å². The number of ether oxygens (including phenoxy) is 2. The van der Waals surface area contributed by atoms with Crippen molar-refractivity contribution in [1.29, 1.82) is 0 Å². The SMILES string of the molecule is CCOc1cc(C=C(CC)CCl)ccc1OC. The van der Waals surface area contributed by atoms with Gasteiger partial charge >= 0.3 is 0 Å². The second-order valence-corrected chi connectivity index (χ2v) is 3.90. The third-order valence-electron chi connectivity index (χ3n) is 2.48. The molecule has 1 aromatic carbocycles. The fourth-order valence-corrected chi connectivity index (χ4v) is 1.79. The standard InChI is InChI=1S/C14H19ClO2/c1-4-11(10-15)8-12-6-7-13(16-3)14(9-12)17-5-2/h6-9H,4-5,10H2,1-3H3. The maximum absolute atomic E-state index is 5.85. The number of alkyl halides is 1. The number of benzene rings is 1. The molecule has 1 aromatic rings. The van der Waals surface area contributed by atoms with E-state index < -0.39 is 0 Å². The van der Waals surface area contributed by atoms with Crippen LogP contribution in [0.2, 0.25) is 0 Å². The van der Waals surface area contributed by atoms with E-state index >= 15 is 0 Å². The Balaban J connectivity index is 3.02. The Morgan fingerprint density at radius 3 is 2.59 bits per heavy atom. The van der Waals surface area contributed by atoms with E-state index in [1.54, 1.807) is 7.11 Å². The van der Waals surface area contributed by atoms with Gasteiger partial charge in [0.25, 0.3) is 0 Å². The Kier molecular flexibility index (Phi) is 5.92. The normalized spacial score (nSPS) is 11.4. The maximum Gasteiger partial charge on any atom is 0.161 e. The lowest BCUT2D eigenvalue weighted by molar-refractivity contribution is 0.311. The fourth-order valence-electron chi connectivity index (χ4n) is 1.52. The number of methoxy groups -OCH3 is 1. The van der Waals surface area contributed by atoms with E-state index in [0.717, 1.165) is 23.5 Å². The van der Waals surface area contributed by atoms with Crippen molar-refractivity contribution in [2.45, 2.75) is 20.3 Å². The van der Waals surface area contributed by atoms with Gasteiger partial charge in [0.15, 0.2) is 11.5 Å². The van der Waals surface area contributed by atoms with Crippen LogP contribution in [0.4, 0.5) is 0 Å². The summed E-state index contributed by atoms with van der Waals surface area (Å²) >= 11 is 5.85. The summed E-state index contributed by atoms with van der Waals surface area (Å²) in [4.78, 5) is 0. The van der Waals surface area contributed by atoms with Gasteiger partial charge in [0.1, 0.15) is 0 Å². The van der Waals surface area contributed by atoms with Crippen LogP contribution in [0.3, 0.4) is 0 Å². The second-order valence-electron chi connectivity index (χ2n) is 3.63. The molecule has 0 heterocycles. The van der Waals surface area contributed by atoms with Crippen molar-refractivity contribution < 1.29 is 9.47 Å². The Morgan fingerprint density at radius 2 is 2.06 bits per heavy atom. The number of hydrogen-bond acceptors (Lipinski definition) is 2. The first-order valence-electron chi connectivity index (χ1n) is 5.81. The van der Waals surface area contributed by atoms with Gasteiger partial charge in [-0.15, -0.1) is 11.6 Å². The molecule has 0 fully saturated rings. The zero-order valence-corrected chi connectivity index (χ0v) is 11.4. The average Bonchev–Trinajstić information content (AvgIpc) is 2.36. The van der Waals surface area contributed by atoms with Gasteiger partial charge in [0.2, 0.25) is 0 Å². The minimum Gasteiger partial charge on any atom is -0.493 e. The molecule has 0 N–H and O–H groups in total. The molecule has 0 amide bonds. The second kappa shape index (κ2) is 7.23. The first-order valence-corrected chi connectivity index (χ1v) is 6.34. The van der Waals surface area contributed by atoms with E-state index in [9.17, 15) is 0 Å². The molecule has 0 unspecified atom stereocenters. The summed E-state index contributed by atoms with van der Waals surface area (Å²) in [7, 11) is 1.64. The summed E-state index contributed by atoms with van der Waals surface area (Å²) < 4.78 is 10.8. The highest BCUT2D eigenvalue weighted by Crippen LogP contribution is 2.29. The molecule has 0 saturated heterocycles. The molecule has 0 aliphatic heterocycles. The quantitative estimate of drug-likeness (QED) is 0.711. The minimum absolute atomic E-state index is 0.562. The first-order chi connectivity index (χ1) is 8.24. The highest BCUT2D eigenvalue weighted by atomic mass is 35.5. The number of allylic oxidation sites excluding steroid dienone is 1. The first kappa shape index (κ1) is 13.9. The Hall–Kier alpha value is -1.15. The van der Waals surface area contributed by atoms with E-state index in [1.165, 1.54) is 5.57 Å². The van der Waals surface area contributed by atoms with Gasteiger partial charge in [-0.1, -0.05) is 24.6 Å². The van der Waals surface area contributed by atoms with Crippen molar-refractivity contribution >= 4 is 17.7 Å². The van der Waals surface area contributed by atoms with Gasteiger partial charge in [0.05, 0.1) is 13.7 Å². The van der Waals surface area contributed by atoms with Crippen LogP contribution in [-0.2, 0) is 0 Å². The summed E-state index contributed by atoms with van der Waals surface area (Å²) in [5.74, 6) is 2.09. The lowest BCUT2D eigenvalue weighted by Crippen LogP contribution is -1.95. The van der Waals surface area contributed by atoms with Gasteiger partial charge in [-0.3, -0.25) is 0 Å². The van der Waals surface area contributed by atoms with E-state index in [4.69, 9.17) is 21.1 Å². The summed E-state index contributed by atoms with van der Waals surface area (Å²) in [5.41, 5.74) is 2.30. The van der Waals surface area contributed by atoms with Crippen LogP contribution in [0.1, 0.15) is 25.8 Å². The lowest BCUT2D eigenvalue weighted by atomic mass is 10.1. The third-order valence-corrected chi connectivity index (χ3v) is 2.83. The third kappa shape index (κ3) is 3.97. The van der Waals surface area contributed by atoms with Crippen molar-refractivity contribution in [1.82, 2.24) is 0 Å². The van der Waals surface area contributed by atoms with Gasteiger partial charge in [-0.25, -0.2) is 0 Å². The zero-order valence-electron chi connectivity index (χ0n) is 10.6. The smallest absolute Gasteiger partial charge is 0.161 e. The molecule has 0 spiro atoms. The molecule has 0 aliphatic rings.